The molecule has 0 atom stereocenters. The van der Waals surface area contributed by atoms with Crippen LogP contribution in [0.4, 0.5) is 0 Å². The Morgan fingerprint density at radius 1 is 1.09 bits per heavy atom. The van der Waals surface area contributed by atoms with Gasteiger partial charge in [0.15, 0.2) is 6.61 Å². The first kappa shape index (κ1) is 21.4. The van der Waals surface area contributed by atoms with Crippen LogP contribution in [-0.2, 0) is 9.59 Å². The van der Waals surface area contributed by atoms with Gasteiger partial charge in [-0.25, -0.2) is 0 Å². The highest BCUT2D eigenvalue weighted by Gasteiger charge is 2.26. The van der Waals surface area contributed by atoms with E-state index in [0.717, 1.165) is 0 Å². The SMILES string of the molecule is Cc1oc2cc(OCC(=O)N3CCC(C(N)=O)CC3)ccc2c(=O)c1Oc1ccccc1. The molecule has 8 heteroatoms. The summed E-state index contributed by atoms with van der Waals surface area (Å²) in [5.74, 6) is 0.764. The lowest BCUT2D eigenvalue weighted by atomic mass is 9.96. The number of hydrogen-bond acceptors (Lipinski definition) is 6. The fourth-order valence-electron chi connectivity index (χ4n) is 3.73. The zero-order valence-electron chi connectivity index (χ0n) is 17.7. The van der Waals surface area contributed by atoms with Crippen LogP contribution in [0, 0.1) is 12.8 Å². The van der Waals surface area contributed by atoms with Crippen LogP contribution in [0.5, 0.6) is 17.2 Å². The summed E-state index contributed by atoms with van der Waals surface area (Å²) in [5.41, 5.74) is 5.39. The average Bonchev–Trinajstić information content (AvgIpc) is 2.80. The highest BCUT2D eigenvalue weighted by atomic mass is 16.5. The van der Waals surface area contributed by atoms with Gasteiger partial charge in [0.2, 0.25) is 17.1 Å². The molecule has 0 radical (unpaired) electrons. The van der Waals surface area contributed by atoms with Gasteiger partial charge in [-0.15, -0.1) is 0 Å². The molecule has 1 fully saturated rings. The summed E-state index contributed by atoms with van der Waals surface area (Å²) in [6.07, 6.45) is 1.13. The zero-order valence-corrected chi connectivity index (χ0v) is 17.7. The summed E-state index contributed by atoms with van der Waals surface area (Å²) in [6.45, 7) is 2.47. The number of carbonyl (C=O) groups is 2. The van der Waals surface area contributed by atoms with Crippen LogP contribution in [0.1, 0.15) is 18.6 Å². The van der Waals surface area contributed by atoms with Crippen LogP contribution in [-0.4, -0.2) is 36.4 Å². The van der Waals surface area contributed by atoms with Crippen molar-refractivity contribution in [2.24, 2.45) is 11.7 Å². The molecular weight excluding hydrogens is 412 g/mol. The summed E-state index contributed by atoms with van der Waals surface area (Å²) in [6, 6.07) is 13.8. The largest absolute Gasteiger partial charge is 0.484 e. The number of benzene rings is 2. The van der Waals surface area contributed by atoms with Gasteiger partial charge in [-0.05, 0) is 44.0 Å². The molecule has 0 bridgehead atoms. The number of piperidine rings is 1. The van der Waals surface area contributed by atoms with Gasteiger partial charge in [0.25, 0.3) is 5.91 Å². The van der Waals surface area contributed by atoms with Crippen molar-refractivity contribution in [3.05, 3.63) is 64.5 Å². The van der Waals surface area contributed by atoms with Gasteiger partial charge in [0, 0.05) is 25.1 Å². The van der Waals surface area contributed by atoms with Crippen LogP contribution in [0.2, 0.25) is 0 Å². The molecule has 8 nitrogen and oxygen atoms in total. The molecule has 2 aromatic carbocycles. The van der Waals surface area contributed by atoms with Crippen LogP contribution >= 0.6 is 0 Å². The third kappa shape index (κ3) is 4.59. The van der Waals surface area contributed by atoms with Crippen molar-refractivity contribution in [1.29, 1.82) is 0 Å². The Bertz CT molecular complexity index is 1200. The minimum Gasteiger partial charge on any atom is -0.484 e. The molecule has 0 saturated carbocycles. The lowest BCUT2D eigenvalue weighted by Gasteiger charge is -2.30. The first-order valence-corrected chi connectivity index (χ1v) is 10.4. The van der Waals surface area contributed by atoms with Crippen LogP contribution in [0.15, 0.2) is 57.7 Å². The van der Waals surface area contributed by atoms with Gasteiger partial charge in [-0.1, -0.05) is 18.2 Å². The Balaban J connectivity index is 1.45. The van der Waals surface area contributed by atoms with Crippen molar-refractivity contribution in [2.45, 2.75) is 19.8 Å². The normalized spacial score (nSPS) is 14.3. The molecule has 3 aromatic rings. The molecular formula is C24H24N2O6. The fourth-order valence-corrected chi connectivity index (χ4v) is 3.73. The predicted octanol–water partition coefficient (Wildman–Crippen LogP) is 3.00. The van der Waals surface area contributed by atoms with E-state index in [2.05, 4.69) is 0 Å². The number of rotatable bonds is 6. The maximum Gasteiger partial charge on any atom is 0.260 e. The molecule has 1 aliphatic rings. The second-order valence-corrected chi connectivity index (χ2v) is 7.74. The monoisotopic (exact) mass is 436 g/mol. The van der Waals surface area contributed by atoms with E-state index in [1.165, 1.54) is 0 Å². The number of hydrogen-bond donors (Lipinski definition) is 1. The maximum atomic E-state index is 12.9. The molecule has 1 saturated heterocycles. The molecule has 0 spiro atoms. The summed E-state index contributed by atoms with van der Waals surface area (Å²) in [7, 11) is 0. The Morgan fingerprint density at radius 3 is 2.50 bits per heavy atom. The quantitative estimate of drug-likeness (QED) is 0.636. The van der Waals surface area contributed by atoms with Gasteiger partial charge in [-0.2, -0.15) is 0 Å². The Kier molecular flexibility index (Phi) is 6.11. The molecule has 4 rings (SSSR count). The Labute approximate surface area is 184 Å². The van der Waals surface area contributed by atoms with Crippen molar-refractivity contribution in [3.8, 4) is 17.2 Å². The molecule has 32 heavy (non-hydrogen) atoms. The minimum absolute atomic E-state index is 0.131. The van der Waals surface area contributed by atoms with E-state index in [-0.39, 0.29) is 35.5 Å². The van der Waals surface area contributed by atoms with E-state index in [4.69, 9.17) is 19.6 Å². The van der Waals surface area contributed by atoms with Gasteiger partial charge in [0.05, 0.1) is 5.39 Å². The Hall–Kier alpha value is -3.81. The fraction of sp³-hybridized carbons (Fsp3) is 0.292. The maximum absolute atomic E-state index is 12.9. The third-order valence-electron chi connectivity index (χ3n) is 5.56. The molecule has 1 aliphatic heterocycles. The van der Waals surface area contributed by atoms with Crippen LogP contribution < -0.4 is 20.6 Å². The molecule has 0 aliphatic carbocycles. The van der Waals surface area contributed by atoms with Gasteiger partial charge < -0.3 is 24.5 Å². The lowest BCUT2D eigenvalue weighted by molar-refractivity contribution is -0.136. The van der Waals surface area contributed by atoms with Crippen molar-refractivity contribution in [3.63, 3.8) is 0 Å². The molecule has 1 aromatic heterocycles. The van der Waals surface area contributed by atoms with Crippen molar-refractivity contribution >= 4 is 22.8 Å². The second-order valence-electron chi connectivity index (χ2n) is 7.74. The van der Waals surface area contributed by atoms with E-state index in [1.807, 2.05) is 18.2 Å². The van der Waals surface area contributed by atoms with E-state index >= 15 is 0 Å². The summed E-state index contributed by atoms with van der Waals surface area (Å²) in [4.78, 5) is 38.3. The molecule has 2 heterocycles. The third-order valence-corrected chi connectivity index (χ3v) is 5.56. The first-order valence-electron chi connectivity index (χ1n) is 10.4. The number of primary amides is 1. The number of fused-ring (bicyclic) bond motifs is 1. The number of ether oxygens (including phenoxy) is 2. The first-order chi connectivity index (χ1) is 15.4. The smallest absolute Gasteiger partial charge is 0.260 e. The number of nitrogens with two attached hydrogens (primary N) is 1. The molecule has 166 valence electrons. The molecule has 0 unspecified atom stereocenters. The highest BCUT2D eigenvalue weighted by Crippen LogP contribution is 2.27. The number of carbonyl (C=O) groups excluding carboxylic acids is 2. The van der Waals surface area contributed by atoms with E-state index in [0.29, 0.717) is 54.2 Å². The number of para-hydroxylation sites is 1. The van der Waals surface area contributed by atoms with Gasteiger partial charge in [0.1, 0.15) is 22.8 Å². The van der Waals surface area contributed by atoms with E-state index in [1.54, 1.807) is 42.2 Å². The van der Waals surface area contributed by atoms with Crippen LogP contribution in [0.3, 0.4) is 0 Å². The summed E-state index contributed by atoms with van der Waals surface area (Å²) in [5, 5.41) is 0.355. The van der Waals surface area contributed by atoms with Crippen LogP contribution in [0.25, 0.3) is 11.0 Å². The highest BCUT2D eigenvalue weighted by molar-refractivity contribution is 5.81. The summed E-state index contributed by atoms with van der Waals surface area (Å²) < 4.78 is 17.2. The van der Waals surface area contributed by atoms with Gasteiger partial charge in [-0.3, -0.25) is 14.4 Å². The number of aryl methyl sites for hydroxylation is 1. The second kappa shape index (κ2) is 9.13. The molecule has 2 amide bonds. The number of amides is 2. The Morgan fingerprint density at radius 2 is 1.81 bits per heavy atom. The average molecular weight is 436 g/mol. The number of likely N-dealkylation sites (tertiary alicyclic amines) is 1. The topological polar surface area (TPSA) is 112 Å². The molecule has 2 N–H and O–H groups in total. The minimum atomic E-state index is -0.321. The number of nitrogens with zero attached hydrogens (tertiary/aromatic N) is 1. The predicted molar refractivity (Wildman–Crippen MR) is 118 cm³/mol. The van der Waals surface area contributed by atoms with Crippen molar-refractivity contribution < 1.29 is 23.5 Å². The van der Waals surface area contributed by atoms with Gasteiger partial charge >= 0.3 is 0 Å². The van der Waals surface area contributed by atoms with Crippen molar-refractivity contribution in [1.82, 2.24) is 4.90 Å². The zero-order chi connectivity index (χ0) is 22.7. The van der Waals surface area contributed by atoms with E-state index in [9.17, 15) is 14.4 Å². The lowest BCUT2D eigenvalue weighted by Crippen LogP contribution is -2.43. The summed E-state index contributed by atoms with van der Waals surface area (Å²) >= 11 is 0. The standard InChI is InChI=1S/C24H24N2O6/c1-15-23(32-17-5-3-2-4-6-17)22(28)19-8-7-18(13-20(19)31-15)30-14-21(27)26-11-9-16(10-12-26)24(25)29/h2-8,13,16H,9-12,14H2,1H3,(H2,25,29). The van der Waals surface area contributed by atoms with E-state index < -0.39 is 0 Å². The van der Waals surface area contributed by atoms with Crippen molar-refractivity contribution in [2.75, 3.05) is 19.7 Å².